The second-order valence-corrected chi connectivity index (χ2v) is 5.40. The summed E-state index contributed by atoms with van der Waals surface area (Å²) in [6.45, 7) is 3.09. The molecule has 4 nitrogen and oxygen atoms in total. The molecule has 1 atom stereocenters. The molecule has 0 radical (unpaired) electrons. The highest BCUT2D eigenvalue weighted by Crippen LogP contribution is 2.36. The molecule has 0 spiro atoms. The molecule has 1 heterocycles. The van der Waals surface area contributed by atoms with Crippen LogP contribution in [0.5, 0.6) is 0 Å². The highest BCUT2D eigenvalue weighted by atomic mass is 16.4. The minimum absolute atomic E-state index is 0.00234. The zero-order valence-corrected chi connectivity index (χ0v) is 11.9. The molecule has 1 unspecified atom stereocenters. The van der Waals surface area contributed by atoms with Crippen LogP contribution in [-0.2, 0) is 0 Å². The molecule has 0 aliphatic heterocycles. The third kappa shape index (κ3) is 2.75. The maximum absolute atomic E-state index is 5.92. The van der Waals surface area contributed by atoms with Gasteiger partial charge in [0.15, 0.2) is 0 Å². The molecule has 1 aliphatic carbocycles. The monoisotopic (exact) mass is 271 g/mol. The lowest BCUT2D eigenvalue weighted by Gasteiger charge is -2.21. The lowest BCUT2D eigenvalue weighted by Crippen LogP contribution is -2.23. The lowest BCUT2D eigenvalue weighted by molar-refractivity contribution is 0.315. The van der Waals surface area contributed by atoms with Gasteiger partial charge in [-0.05, 0) is 31.4 Å². The smallest absolute Gasteiger partial charge is 0.237 e. The van der Waals surface area contributed by atoms with Crippen LogP contribution in [0.25, 0.3) is 0 Å². The second-order valence-electron chi connectivity index (χ2n) is 5.40. The van der Waals surface area contributed by atoms with E-state index in [4.69, 9.17) is 4.42 Å². The van der Waals surface area contributed by atoms with Gasteiger partial charge in [0.25, 0.3) is 0 Å². The Hall–Kier alpha value is -1.68. The van der Waals surface area contributed by atoms with E-state index in [0.717, 1.165) is 18.9 Å². The van der Waals surface area contributed by atoms with E-state index in [9.17, 15) is 0 Å². The number of nitrogens with zero attached hydrogens (tertiary/aromatic N) is 2. The van der Waals surface area contributed by atoms with Crippen LogP contribution in [0.3, 0.4) is 0 Å². The Balaban J connectivity index is 1.82. The normalized spacial score (nSPS) is 16.9. The largest absolute Gasteiger partial charge is 0.423 e. The Labute approximate surface area is 119 Å². The van der Waals surface area contributed by atoms with E-state index >= 15 is 0 Å². The van der Waals surface area contributed by atoms with Gasteiger partial charge in [-0.1, -0.05) is 43.7 Å². The molecular weight excluding hydrogens is 250 g/mol. The molecule has 1 saturated carbocycles. The van der Waals surface area contributed by atoms with Crippen molar-refractivity contribution < 1.29 is 4.42 Å². The molecule has 1 N–H and O–H groups in total. The number of rotatable bonds is 6. The van der Waals surface area contributed by atoms with Gasteiger partial charge in [-0.25, -0.2) is 0 Å². The van der Waals surface area contributed by atoms with Crippen molar-refractivity contribution in [3.05, 3.63) is 47.7 Å². The van der Waals surface area contributed by atoms with E-state index < -0.39 is 0 Å². The zero-order valence-electron chi connectivity index (χ0n) is 11.9. The first-order valence-electron chi connectivity index (χ1n) is 7.50. The van der Waals surface area contributed by atoms with Crippen LogP contribution in [-0.4, -0.2) is 16.7 Å². The predicted molar refractivity (Wildman–Crippen MR) is 77.5 cm³/mol. The minimum Gasteiger partial charge on any atom is -0.423 e. The Morgan fingerprint density at radius 3 is 2.70 bits per heavy atom. The predicted octanol–water partition coefficient (Wildman–Crippen LogP) is 3.43. The molecule has 1 fully saturated rings. The molecule has 4 heteroatoms. The van der Waals surface area contributed by atoms with Crippen LogP contribution in [0.1, 0.15) is 61.9 Å². The van der Waals surface area contributed by atoms with E-state index in [0.29, 0.717) is 11.8 Å². The topological polar surface area (TPSA) is 51.0 Å². The third-order valence-electron chi connectivity index (χ3n) is 3.89. The molecule has 106 valence electrons. The zero-order chi connectivity index (χ0) is 13.8. The van der Waals surface area contributed by atoms with Gasteiger partial charge in [0.1, 0.15) is 6.04 Å². The van der Waals surface area contributed by atoms with Crippen molar-refractivity contribution in [2.75, 3.05) is 6.54 Å². The molecule has 20 heavy (non-hydrogen) atoms. The SMILES string of the molecule is CCCNC(c1ccccc1)c1nnc(C2CCC2)o1. The van der Waals surface area contributed by atoms with Crippen LogP contribution in [0.2, 0.25) is 0 Å². The Morgan fingerprint density at radius 2 is 2.05 bits per heavy atom. The summed E-state index contributed by atoms with van der Waals surface area (Å²) in [5.41, 5.74) is 1.17. The molecule has 0 amide bonds. The summed E-state index contributed by atoms with van der Waals surface area (Å²) in [6.07, 6.45) is 4.71. The summed E-state index contributed by atoms with van der Waals surface area (Å²) in [7, 11) is 0. The van der Waals surface area contributed by atoms with E-state index in [1.807, 2.05) is 18.2 Å². The molecule has 0 saturated heterocycles. The molecule has 2 aromatic rings. The van der Waals surface area contributed by atoms with E-state index in [-0.39, 0.29) is 6.04 Å². The second kappa shape index (κ2) is 6.18. The summed E-state index contributed by atoms with van der Waals surface area (Å²) >= 11 is 0. The summed E-state index contributed by atoms with van der Waals surface area (Å²) in [5, 5.41) is 12.0. The summed E-state index contributed by atoms with van der Waals surface area (Å²) < 4.78 is 5.92. The van der Waals surface area contributed by atoms with Gasteiger partial charge in [0.05, 0.1) is 0 Å². The Morgan fingerprint density at radius 1 is 1.25 bits per heavy atom. The fourth-order valence-electron chi connectivity index (χ4n) is 2.47. The van der Waals surface area contributed by atoms with Gasteiger partial charge in [-0.15, -0.1) is 10.2 Å². The van der Waals surface area contributed by atoms with Crippen LogP contribution in [0, 0.1) is 0 Å². The molecule has 3 rings (SSSR count). The Bertz CT molecular complexity index is 534. The van der Waals surface area contributed by atoms with Gasteiger partial charge in [0.2, 0.25) is 11.8 Å². The number of hydrogen-bond acceptors (Lipinski definition) is 4. The van der Waals surface area contributed by atoms with Gasteiger partial charge in [0, 0.05) is 5.92 Å². The van der Waals surface area contributed by atoms with Gasteiger partial charge >= 0.3 is 0 Å². The van der Waals surface area contributed by atoms with Crippen LogP contribution >= 0.6 is 0 Å². The maximum Gasteiger partial charge on any atom is 0.237 e. The quantitative estimate of drug-likeness (QED) is 0.874. The number of aromatic nitrogens is 2. The molecule has 1 aliphatic rings. The van der Waals surface area contributed by atoms with Crippen molar-refractivity contribution >= 4 is 0 Å². The van der Waals surface area contributed by atoms with E-state index in [2.05, 4.69) is 34.6 Å². The summed E-state index contributed by atoms with van der Waals surface area (Å²) in [6, 6.07) is 10.3. The van der Waals surface area contributed by atoms with Crippen LogP contribution in [0.4, 0.5) is 0 Å². The number of benzene rings is 1. The fraction of sp³-hybridized carbons (Fsp3) is 0.500. The molecule has 1 aromatic carbocycles. The lowest BCUT2D eigenvalue weighted by atomic mass is 9.85. The highest BCUT2D eigenvalue weighted by molar-refractivity contribution is 5.23. The first-order valence-corrected chi connectivity index (χ1v) is 7.50. The number of hydrogen-bond donors (Lipinski definition) is 1. The first kappa shape index (κ1) is 13.3. The van der Waals surface area contributed by atoms with Crippen molar-refractivity contribution in [2.24, 2.45) is 0 Å². The van der Waals surface area contributed by atoms with Crippen molar-refractivity contribution in [1.29, 1.82) is 0 Å². The maximum atomic E-state index is 5.92. The summed E-state index contributed by atoms with van der Waals surface area (Å²) in [4.78, 5) is 0. The molecular formula is C16H21N3O. The van der Waals surface area contributed by atoms with Gasteiger partial charge in [-0.2, -0.15) is 0 Å². The molecule has 1 aromatic heterocycles. The van der Waals surface area contributed by atoms with E-state index in [1.54, 1.807) is 0 Å². The van der Waals surface area contributed by atoms with Crippen LogP contribution < -0.4 is 5.32 Å². The Kier molecular flexibility index (Phi) is 4.11. The molecule has 0 bridgehead atoms. The van der Waals surface area contributed by atoms with Crippen molar-refractivity contribution in [1.82, 2.24) is 15.5 Å². The highest BCUT2D eigenvalue weighted by Gasteiger charge is 2.27. The average Bonchev–Trinajstić information content (AvgIpc) is 2.88. The third-order valence-corrected chi connectivity index (χ3v) is 3.89. The van der Waals surface area contributed by atoms with Crippen LogP contribution in [0.15, 0.2) is 34.7 Å². The minimum atomic E-state index is -0.00234. The van der Waals surface area contributed by atoms with Crippen molar-refractivity contribution in [3.63, 3.8) is 0 Å². The van der Waals surface area contributed by atoms with Gasteiger partial charge < -0.3 is 9.73 Å². The average molecular weight is 271 g/mol. The number of nitrogens with one attached hydrogen (secondary N) is 1. The fourth-order valence-corrected chi connectivity index (χ4v) is 2.47. The van der Waals surface area contributed by atoms with Crippen molar-refractivity contribution in [2.45, 2.75) is 44.6 Å². The van der Waals surface area contributed by atoms with E-state index in [1.165, 1.54) is 24.8 Å². The summed E-state index contributed by atoms with van der Waals surface area (Å²) in [5.74, 6) is 1.98. The standard InChI is InChI=1S/C16H21N3O/c1-2-11-17-14(12-7-4-3-5-8-12)16-19-18-15(20-16)13-9-6-10-13/h3-5,7-8,13-14,17H,2,6,9-11H2,1H3. The van der Waals surface area contributed by atoms with Crippen molar-refractivity contribution in [3.8, 4) is 0 Å². The van der Waals surface area contributed by atoms with Gasteiger partial charge in [-0.3, -0.25) is 0 Å². The first-order chi connectivity index (χ1) is 9.88.